The van der Waals surface area contributed by atoms with Gasteiger partial charge in [-0.2, -0.15) is 0 Å². The molecule has 2 nitrogen and oxygen atoms in total. The molecule has 2 N–H and O–H groups in total. The van der Waals surface area contributed by atoms with Crippen LogP contribution >= 0.6 is 0 Å². The van der Waals surface area contributed by atoms with Crippen molar-refractivity contribution in [2.24, 2.45) is 17.8 Å². The topological polar surface area (TPSA) is 24.1 Å². The first kappa shape index (κ1) is 13.9. The van der Waals surface area contributed by atoms with E-state index in [9.17, 15) is 0 Å². The molecule has 0 saturated carbocycles. The maximum atomic E-state index is 3.56. The van der Waals surface area contributed by atoms with Crippen molar-refractivity contribution < 1.29 is 0 Å². The Balaban J connectivity index is 3.78. The Hall–Kier alpha value is -0.0800. The molecule has 0 aromatic heterocycles. The number of rotatable bonds is 7. The molecule has 0 radical (unpaired) electrons. The summed E-state index contributed by atoms with van der Waals surface area (Å²) < 4.78 is 0. The molecule has 0 aromatic carbocycles. The van der Waals surface area contributed by atoms with Crippen molar-refractivity contribution in [3.8, 4) is 0 Å². The van der Waals surface area contributed by atoms with Gasteiger partial charge < -0.3 is 10.6 Å². The van der Waals surface area contributed by atoms with Gasteiger partial charge in [0, 0.05) is 0 Å². The van der Waals surface area contributed by atoms with Crippen molar-refractivity contribution in [1.82, 2.24) is 10.6 Å². The zero-order valence-electron chi connectivity index (χ0n) is 10.7. The highest BCUT2D eigenvalue weighted by Crippen LogP contribution is 2.00. The lowest BCUT2D eigenvalue weighted by molar-refractivity contribution is 0.308. The van der Waals surface area contributed by atoms with Gasteiger partial charge in [-0.3, -0.25) is 0 Å². The molecule has 0 heterocycles. The Morgan fingerprint density at radius 1 is 0.714 bits per heavy atom. The molecule has 0 fully saturated rings. The molecule has 0 rings (SSSR count). The molecule has 0 amide bonds. The quantitative estimate of drug-likeness (QED) is 0.617. The second-order valence-corrected chi connectivity index (χ2v) is 5.33. The van der Waals surface area contributed by atoms with Gasteiger partial charge in [0.1, 0.15) is 0 Å². The van der Waals surface area contributed by atoms with Crippen molar-refractivity contribution in [2.45, 2.75) is 47.7 Å². The Morgan fingerprint density at radius 2 is 1.07 bits per heavy atom. The minimum absolute atomic E-state index is 0.458. The van der Waals surface area contributed by atoms with Gasteiger partial charge in [-0.1, -0.05) is 41.5 Å². The van der Waals surface area contributed by atoms with Gasteiger partial charge in [-0.15, -0.1) is 0 Å². The first-order valence-electron chi connectivity index (χ1n) is 5.90. The third-order valence-electron chi connectivity index (χ3n) is 2.16. The highest BCUT2D eigenvalue weighted by molar-refractivity contribution is 4.69. The van der Waals surface area contributed by atoms with E-state index in [2.05, 4.69) is 52.2 Å². The Kier molecular flexibility index (Phi) is 7.20. The molecule has 0 unspecified atom stereocenters. The summed E-state index contributed by atoms with van der Waals surface area (Å²) >= 11 is 0. The number of hydrogen-bond acceptors (Lipinski definition) is 2. The Bertz CT molecular complexity index is 118. The Labute approximate surface area is 89.9 Å². The summed E-state index contributed by atoms with van der Waals surface area (Å²) in [6.07, 6.45) is 0.458. The molecule has 0 atom stereocenters. The van der Waals surface area contributed by atoms with Gasteiger partial charge in [0.05, 0.1) is 6.17 Å². The molecule has 14 heavy (non-hydrogen) atoms. The fraction of sp³-hybridized carbons (Fsp3) is 1.00. The van der Waals surface area contributed by atoms with E-state index in [1.807, 2.05) is 0 Å². The zero-order chi connectivity index (χ0) is 11.1. The van der Waals surface area contributed by atoms with Crippen LogP contribution in [0.3, 0.4) is 0 Å². The molecule has 0 spiro atoms. The average Bonchev–Trinajstić information content (AvgIpc) is 2.02. The van der Waals surface area contributed by atoms with Crippen LogP contribution in [-0.2, 0) is 0 Å². The molecule has 0 aromatic rings. The maximum Gasteiger partial charge on any atom is 0.0595 e. The molecule has 2 heteroatoms. The summed E-state index contributed by atoms with van der Waals surface area (Å²) in [4.78, 5) is 0. The van der Waals surface area contributed by atoms with Crippen LogP contribution in [-0.4, -0.2) is 19.3 Å². The van der Waals surface area contributed by atoms with Crippen LogP contribution in [0.15, 0.2) is 0 Å². The third-order valence-corrected chi connectivity index (χ3v) is 2.16. The van der Waals surface area contributed by atoms with E-state index in [4.69, 9.17) is 0 Å². The van der Waals surface area contributed by atoms with Gasteiger partial charge in [-0.05, 0) is 30.8 Å². The summed E-state index contributed by atoms with van der Waals surface area (Å²) in [6, 6.07) is 0. The molecule has 0 aliphatic carbocycles. The highest BCUT2D eigenvalue weighted by atomic mass is 15.1. The van der Waals surface area contributed by atoms with Crippen LogP contribution in [0.5, 0.6) is 0 Å². The number of hydrogen-bond donors (Lipinski definition) is 2. The molecule has 0 aliphatic heterocycles. The maximum absolute atomic E-state index is 3.56. The number of nitrogens with one attached hydrogen (secondary N) is 2. The summed E-state index contributed by atoms with van der Waals surface area (Å²) in [5, 5.41) is 7.13. The first-order chi connectivity index (χ1) is 6.43. The van der Waals surface area contributed by atoms with E-state index >= 15 is 0 Å². The van der Waals surface area contributed by atoms with Crippen molar-refractivity contribution in [3.63, 3.8) is 0 Å². The van der Waals surface area contributed by atoms with Crippen LogP contribution in [0.1, 0.15) is 41.5 Å². The van der Waals surface area contributed by atoms with Crippen LogP contribution in [0.25, 0.3) is 0 Å². The molecule has 0 aliphatic rings. The zero-order valence-corrected chi connectivity index (χ0v) is 10.7. The van der Waals surface area contributed by atoms with Gasteiger partial charge in [0.25, 0.3) is 0 Å². The van der Waals surface area contributed by atoms with Gasteiger partial charge in [0.2, 0.25) is 0 Å². The summed E-state index contributed by atoms with van der Waals surface area (Å²) in [5.74, 6) is 2.08. The van der Waals surface area contributed by atoms with Gasteiger partial charge in [0.15, 0.2) is 0 Å². The van der Waals surface area contributed by atoms with Crippen LogP contribution in [0.4, 0.5) is 0 Å². The highest BCUT2D eigenvalue weighted by Gasteiger charge is 2.12. The van der Waals surface area contributed by atoms with Crippen molar-refractivity contribution in [1.29, 1.82) is 0 Å². The lowest BCUT2D eigenvalue weighted by atomic mass is 10.1. The standard InChI is InChI=1S/C12H28N2/c1-9(2)7-13-12(11(5)6)14-8-10(3)4/h9-14H,7-8H2,1-6H3. The SMILES string of the molecule is CC(C)CNC(NCC(C)C)C(C)C. The summed E-state index contributed by atoms with van der Waals surface area (Å²) in [5.41, 5.74) is 0. The van der Waals surface area contributed by atoms with E-state index in [-0.39, 0.29) is 0 Å². The minimum Gasteiger partial charge on any atom is -0.301 e. The second-order valence-electron chi connectivity index (χ2n) is 5.33. The first-order valence-corrected chi connectivity index (χ1v) is 5.90. The molecule has 0 saturated heterocycles. The van der Waals surface area contributed by atoms with E-state index in [1.54, 1.807) is 0 Å². The summed E-state index contributed by atoms with van der Waals surface area (Å²) in [6.45, 7) is 15.7. The average molecular weight is 200 g/mol. The second kappa shape index (κ2) is 7.24. The predicted octanol–water partition coefficient (Wildman–Crippen LogP) is 2.46. The molecular formula is C12H28N2. The fourth-order valence-corrected chi connectivity index (χ4v) is 1.27. The minimum atomic E-state index is 0.458. The van der Waals surface area contributed by atoms with E-state index < -0.39 is 0 Å². The predicted molar refractivity (Wildman–Crippen MR) is 64.3 cm³/mol. The van der Waals surface area contributed by atoms with E-state index in [1.165, 1.54) is 0 Å². The third kappa shape index (κ3) is 7.34. The molecule has 86 valence electrons. The van der Waals surface area contributed by atoms with Crippen LogP contribution in [0.2, 0.25) is 0 Å². The van der Waals surface area contributed by atoms with E-state index in [0.29, 0.717) is 12.1 Å². The fourth-order valence-electron chi connectivity index (χ4n) is 1.27. The lowest BCUT2D eigenvalue weighted by Gasteiger charge is -2.25. The molecule has 0 bridgehead atoms. The van der Waals surface area contributed by atoms with E-state index in [0.717, 1.165) is 24.9 Å². The van der Waals surface area contributed by atoms with Crippen LogP contribution < -0.4 is 10.6 Å². The van der Waals surface area contributed by atoms with Gasteiger partial charge in [-0.25, -0.2) is 0 Å². The molecular weight excluding hydrogens is 172 g/mol. The van der Waals surface area contributed by atoms with Crippen molar-refractivity contribution in [3.05, 3.63) is 0 Å². The van der Waals surface area contributed by atoms with Crippen molar-refractivity contribution >= 4 is 0 Å². The lowest BCUT2D eigenvalue weighted by Crippen LogP contribution is -2.48. The monoisotopic (exact) mass is 200 g/mol. The van der Waals surface area contributed by atoms with Crippen molar-refractivity contribution in [2.75, 3.05) is 13.1 Å². The largest absolute Gasteiger partial charge is 0.301 e. The van der Waals surface area contributed by atoms with Gasteiger partial charge >= 0.3 is 0 Å². The smallest absolute Gasteiger partial charge is 0.0595 e. The van der Waals surface area contributed by atoms with Crippen LogP contribution in [0, 0.1) is 17.8 Å². The summed E-state index contributed by atoms with van der Waals surface area (Å²) in [7, 11) is 0. The normalized spacial score (nSPS) is 12.4. The Morgan fingerprint density at radius 3 is 1.29 bits per heavy atom.